The van der Waals surface area contributed by atoms with E-state index >= 15 is 0 Å². The van der Waals surface area contributed by atoms with Crippen molar-refractivity contribution in [2.45, 2.75) is 4.90 Å². The second-order valence-corrected chi connectivity index (χ2v) is 8.28. The van der Waals surface area contributed by atoms with Crippen molar-refractivity contribution in [3.8, 4) is 0 Å². The van der Waals surface area contributed by atoms with Crippen molar-refractivity contribution < 1.29 is 26.8 Å². The Hall–Kier alpha value is -2.85. The summed E-state index contributed by atoms with van der Waals surface area (Å²) >= 11 is 0. The van der Waals surface area contributed by atoms with Crippen molar-refractivity contribution in [1.29, 1.82) is 0 Å². The molecule has 1 aliphatic heterocycles. The molecule has 0 radical (unpaired) electrons. The number of benzene rings is 2. The molecule has 0 atom stereocenters. The quantitative estimate of drug-likeness (QED) is 0.784. The first kappa shape index (κ1) is 20.9. The van der Waals surface area contributed by atoms with Gasteiger partial charge >= 0.3 is 0 Å². The van der Waals surface area contributed by atoms with Crippen LogP contribution in [0.25, 0.3) is 0 Å². The number of nitrogens with one attached hydrogen (secondary N) is 1. The number of nitrogens with zero attached hydrogens (tertiary/aromatic N) is 2. The molecule has 0 saturated carbocycles. The molecule has 0 unspecified atom stereocenters. The predicted octanol–water partition coefficient (Wildman–Crippen LogP) is 1.23. The number of carbonyl (C=O) groups excluding carboxylic acids is 2. The molecule has 2 aromatic carbocycles. The van der Waals surface area contributed by atoms with Crippen molar-refractivity contribution in [2.24, 2.45) is 0 Å². The molecule has 1 N–H and O–H groups in total. The second kappa shape index (κ2) is 8.66. The van der Waals surface area contributed by atoms with Crippen LogP contribution in [-0.2, 0) is 14.8 Å². The molecule has 2 aromatic rings. The van der Waals surface area contributed by atoms with Gasteiger partial charge in [-0.05, 0) is 24.3 Å². The fourth-order valence-electron chi connectivity index (χ4n) is 2.98. The third-order valence-electron chi connectivity index (χ3n) is 4.56. The monoisotopic (exact) mass is 423 g/mol. The number of sulfonamides is 1. The number of rotatable bonds is 5. The van der Waals surface area contributed by atoms with E-state index in [1.54, 1.807) is 0 Å². The smallest absolute Gasteiger partial charge is 0.254 e. The van der Waals surface area contributed by atoms with E-state index in [-0.39, 0.29) is 38.3 Å². The molecule has 0 bridgehead atoms. The summed E-state index contributed by atoms with van der Waals surface area (Å²) in [7, 11) is -4.00. The first-order chi connectivity index (χ1) is 13.8. The average Bonchev–Trinajstić information content (AvgIpc) is 2.72. The molecule has 1 heterocycles. The maximum atomic E-state index is 13.9. The number of carbonyl (C=O) groups is 2. The Morgan fingerprint density at radius 1 is 0.897 bits per heavy atom. The van der Waals surface area contributed by atoms with E-state index in [1.165, 1.54) is 41.3 Å². The summed E-state index contributed by atoms with van der Waals surface area (Å²) < 4.78 is 53.7. The Kier molecular flexibility index (Phi) is 6.23. The van der Waals surface area contributed by atoms with E-state index in [2.05, 4.69) is 5.32 Å². The van der Waals surface area contributed by atoms with Gasteiger partial charge in [-0.25, -0.2) is 17.2 Å². The van der Waals surface area contributed by atoms with Crippen LogP contribution in [-0.4, -0.2) is 62.2 Å². The van der Waals surface area contributed by atoms with Gasteiger partial charge in [-0.2, -0.15) is 4.31 Å². The predicted molar refractivity (Wildman–Crippen MR) is 100 cm³/mol. The van der Waals surface area contributed by atoms with Gasteiger partial charge in [-0.3, -0.25) is 9.59 Å². The number of amides is 2. The summed E-state index contributed by atoms with van der Waals surface area (Å²) in [5.74, 6) is -2.65. The van der Waals surface area contributed by atoms with Gasteiger partial charge in [0, 0.05) is 26.2 Å². The minimum atomic E-state index is -4.00. The fourth-order valence-corrected chi connectivity index (χ4v) is 4.47. The molecule has 2 amide bonds. The van der Waals surface area contributed by atoms with Crippen LogP contribution in [0, 0.1) is 11.6 Å². The average molecular weight is 423 g/mol. The Morgan fingerprint density at radius 2 is 1.48 bits per heavy atom. The number of halogens is 2. The van der Waals surface area contributed by atoms with Crippen LogP contribution in [0.1, 0.15) is 10.4 Å². The number of piperazine rings is 1. The van der Waals surface area contributed by atoms with Gasteiger partial charge in [-0.15, -0.1) is 0 Å². The molecule has 1 fully saturated rings. The van der Waals surface area contributed by atoms with Gasteiger partial charge in [0.25, 0.3) is 5.91 Å². The lowest BCUT2D eigenvalue weighted by atomic mass is 10.2. The van der Waals surface area contributed by atoms with Crippen molar-refractivity contribution in [3.05, 3.63) is 65.7 Å². The molecule has 3 rings (SSSR count). The lowest BCUT2D eigenvalue weighted by Crippen LogP contribution is -2.52. The van der Waals surface area contributed by atoms with E-state index in [1.807, 2.05) is 0 Å². The van der Waals surface area contributed by atoms with Crippen molar-refractivity contribution in [2.75, 3.05) is 32.7 Å². The Balaban J connectivity index is 1.55. The van der Waals surface area contributed by atoms with E-state index < -0.39 is 38.4 Å². The highest BCUT2D eigenvalue weighted by Gasteiger charge is 2.31. The van der Waals surface area contributed by atoms with Crippen LogP contribution < -0.4 is 5.32 Å². The van der Waals surface area contributed by atoms with Crippen LogP contribution in [0.3, 0.4) is 0 Å². The maximum Gasteiger partial charge on any atom is 0.254 e. The molecule has 10 heteroatoms. The van der Waals surface area contributed by atoms with E-state index in [0.717, 1.165) is 16.4 Å². The molecular weight excluding hydrogens is 404 g/mol. The van der Waals surface area contributed by atoms with E-state index in [0.29, 0.717) is 0 Å². The number of hydrogen-bond acceptors (Lipinski definition) is 4. The lowest BCUT2D eigenvalue weighted by Gasteiger charge is -2.34. The van der Waals surface area contributed by atoms with Gasteiger partial charge in [-0.1, -0.05) is 24.3 Å². The standard InChI is InChI=1S/C19H19F2N3O4S/c20-15-6-2-1-5-14(15)19(26)22-13-18(25)23-9-11-24(12-10-23)29(27,28)17-8-4-3-7-16(17)21/h1-8H,9-13H2,(H,22,26). The summed E-state index contributed by atoms with van der Waals surface area (Å²) in [4.78, 5) is 25.3. The zero-order chi connectivity index (χ0) is 21.0. The lowest BCUT2D eigenvalue weighted by molar-refractivity contribution is -0.131. The van der Waals surface area contributed by atoms with Gasteiger partial charge < -0.3 is 10.2 Å². The molecular formula is C19H19F2N3O4S. The number of hydrogen-bond donors (Lipinski definition) is 1. The highest BCUT2D eigenvalue weighted by Crippen LogP contribution is 2.20. The molecule has 7 nitrogen and oxygen atoms in total. The maximum absolute atomic E-state index is 13.9. The Labute approximate surface area is 167 Å². The molecule has 1 saturated heterocycles. The third-order valence-corrected chi connectivity index (χ3v) is 6.50. The van der Waals surface area contributed by atoms with Crippen LogP contribution in [0.4, 0.5) is 8.78 Å². The van der Waals surface area contributed by atoms with Crippen LogP contribution in [0.5, 0.6) is 0 Å². The van der Waals surface area contributed by atoms with E-state index in [4.69, 9.17) is 0 Å². The zero-order valence-corrected chi connectivity index (χ0v) is 16.2. The highest BCUT2D eigenvalue weighted by atomic mass is 32.2. The summed E-state index contributed by atoms with van der Waals surface area (Å²) in [6, 6.07) is 10.5. The molecule has 0 spiro atoms. The molecule has 0 aliphatic carbocycles. The van der Waals surface area contributed by atoms with Crippen LogP contribution in [0.2, 0.25) is 0 Å². The SMILES string of the molecule is O=C(NCC(=O)N1CCN(S(=O)(=O)c2ccccc2F)CC1)c1ccccc1F. The topological polar surface area (TPSA) is 86.8 Å². The van der Waals surface area contributed by atoms with Gasteiger partial charge in [0.05, 0.1) is 12.1 Å². The summed E-state index contributed by atoms with van der Waals surface area (Å²) in [6.07, 6.45) is 0. The summed E-state index contributed by atoms with van der Waals surface area (Å²) in [5, 5.41) is 2.36. The summed E-state index contributed by atoms with van der Waals surface area (Å²) in [5.41, 5.74) is -0.166. The first-order valence-electron chi connectivity index (χ1n) is 8.86. The third kappa shape index (κ3) is 4.60. The fraction of sp³-hybridized carbons (Fsp3) is 0.263. The molecule has 154 valence electrons. The van der Waals surface area contributed by atoms with Crippen molar-refractivity contribution in [3.63, 3.8) is 0 Å². The molecule has 29 heavy (non-hydrogen) atoms. The largest absolute Gasteiger partial charge is 0.343 e. The van der Waals surface area contributed by atoms with Crippen molar-refractivity contribution >= 4 is 21.8 Å². The normalized spacial score (nSPS) is 15.2. The summed E-state index contributed by atoms with van der Waals surface area (Å²) in [6.45, 7) is -0.134. The van der Waals surface area contributed by atoms with Gasteiger partial charge in [0.1, 0.15) is 16.5 Å². The highest BCUT2D eigenvalue weighted by molar-refractivity contribution is 7.89. The van der Waals surface area contributed by atoms with Crippen molar-refractivity contribution in [1.82, 2.24) is 14.5 Å². The van der Waals surface area contributed by atoms with Crippen LogP contribution in [0.15, 0.2) is 53.4 Å². The second-order valence-electron chi connectivity index (χ2n) is 6.38. The minimum absolute atomic E-state index is 0.00364. The Morgan fingerprint density at radius 3 is 2.10 bits per heavy atom. The minimum Gasteiger partial charge on any atom is -0.343 e. The first-order valence-corrected chi connectivity index (χ1v) is 10.3. The van der Waals surface area contributed by atoms with Gasteiger partial charge in [0.15, 0.2) is 0 Å². The molecule has 0 aromatic heterocycles. The molecule has 1 aliphatic rings. The zero-order valence-electron chi connectivity index (χ0n) is 15.3. The van der Waals surface area contributed by atoms with E-state index in [9.17, 15) is 26.8 Å². The Bertz CT molecular complexity index is 1020. The van der Waals surface area contributed by atoms with Gasteiger partial charge in [0.2, 0.25) is 15.9 Å². The van der Waals surface area contributed by atoms with Crippen LogP contribution >= 0.6 is 0 Å².